The Morgan fingerprint density at radius 2 is 1.67 bits per heavy atom. The number of halogens is 4. The lowest BCUT2D eigenvalue weighted by Crippen LogP contribution is -2.50. The Morgan fingerprint density at radius 1 is 1.02 bits per heavy atom. The number of sulfonamides is 1. The number of nitrogens with zero attached hydrogens (tertiary/aromatic N) is 4. The number of pyridine rings is 1. The van der Waals surface area contributed by atoms with Gasteiger partial charge in [-0.05, 0) is 61.7 Å². The number of rotatable bonds is 15. The van der Waals surface area contributed by atoms with Crippen LogP contribution in [0.1, 0.15) is 40.4 Å². The highest BCUT2D eigenvalue weighted by Gasteiger charge is 2.31. The molecule has 2 aromatic carbocycles. The smallest absolute Gasteiger partial charge is 0.387 e. The number of anilines is 1. The molecule has 2 heterocycles. The van der Waals surface area contributed by atoms with Crippen LogP contribution in [0.15, 0.2) is 48.8 Å². The van der Waals surface area contributed by atoms with Gasteiger partial charge < -0.3 is 34.0 Å². The van der Waals surface area contributed by atoms with Crippen LogP contribution in [0.3, 0.4) is 0 Å². The normalized spacial score (nSPS) is 15.7. The highest BCUT2D eigenvalue weighted by molar-refractivity contribution is 7.92. The lowest BCUT2D eigenvalue weighted by Gasteiger charge is -2.34. The Balaban J connectivity index is 1.49. The molecule has 1 amide bonds. The maximum Gasteiger partial charge on any atom is 0.387 e. The van der Waals surface area contributed by atoms with Crippen molar-refractivity contribution in [3.8, 4) is 17.2 Å². The zero-order valence-corrected chi connectivity index (χ0v) is 30.9. The first-order chi connectivity index (χ1) is 24.6. The number of benzene rings is 2. The van der Waals surface area contributed by atoms with E-state index < -0.39 is 41.2 Å². The number of esters is 1. The first-order valence-electron chi connectivity index (χ1n) is 16.2. The number of carbonyl (C=O) groups excluding carboxylic acids is 2. The fourth-order valence-corrected chi connectivity index (χ4v) is 6.97. The molecule has 52 heavy (non-hydrogen) atoms. The van der Waals surface area contributed by atoms with Gasteiger partial charge in [0.2, 0.25) is 15.9 Å². The number of piperazine rings is 1. The molecular weight excluding hydrogens is 749 g/mol. The van der Waals surface area contributed by atoms with E-state index >= 15 is 0 Å². The van der Waals surface area contributed by atoms with Crippen LogP contribution in [-0.4, -0.2) is 96.4 Å². The number of likely N-dealkylation sites (N-methyl/N-ethyl adjacent to an activating group) is 1. The van der Waals surface area contributed by atoms with Crippen LogP contribution in [0.4, 0.5) is 14.5 Å². The number of alkyl halides is 2. The molecule has 1 aliphatic carbocycles. The van der Waals surface area contributed by atoms with Gasteiger partial charge in [0.25, 0.3) is 0 Å². The minimum absolute atomic E-state index is 0.00560. The monoisotopic (exact) mass is 786 g/mol. The van der Waals surface area contributed by atoms with Crippen molar-refractivity contribution in [1.82, 2.24) is 9.80 Å². The summed E-state index contributed by atoms with van der Waals surface area (Å²) in [5.74, 6) is -1.24. The molecule has 13 nitrogen and oxygen atoms in total. The molecule has 1 saturated carbocycles. The Labute approximate surface area is 310 Å². The van der Waals surface area contributed by atoms with Crippen molar-refractivity contribution in [1.29, 1.82) is 0 Å². The highest BCUT2D eigenvalue weighted by Crippen LogP contribution is 2.39. The van der Waals surface area contributed by atoms with Crippen LogP contribution in [0, 0.1) is 11.1 Å². The molecule has 0 radical (unpaired) electrons. The molecule has 3 aromatic rings. The van der Waals surface area contributed by atoms with Crippen molar-refractivity contribution >= 4 is 50.8 Å². The number of hydrogen-bond acceptors (Lipinski definition) is 10. The van der Waals surface area contributed by atoms with E-state index in [0.29, 0.717) is 30.9 Å². The van der Waals surface area contributed by atoms with E-state index in [0.717, 1.165) is 35.8 Å². The van der Waals surface area contributed by atoms with Gasteiger partial charge in [-0.1, -0.05) is 29.3 Å². The lowest BCUT2D eigenvalue weighted by atomic mass is 10.0. The van der Waals surface area contributed by atoms with Gasteiger partial charge in [0.15, 0.2) is 23.9 Å². The number of hydrogen-bond donors (Lipinski definition) is 0. The van der Waals surface area contributed by atoms with Crippen LogP contribution >= 0.6 is 23.2 Å². The second-order valence-corrected chi connectivity index (χ2v) is 15.3. The summed E-state index contributed by atoms with van der Waals surface area (Å²) in [6.45, 7) is -1.31. The summed E-state index contributed by atoms with van der Waals surface area (Å²) in [6, 6.07) is 8.05. The molecule has 282 valence electrons. The molecule has 2 aliphatic rings. The number of amides is 1. The summed E-state index contributed by atoms with van der Waals surface area (Å²) < 4.78 is 75.9. The Bertz CT molecular complexity index is 1870. The summed E-state index contributed by atoms with van der Waals surface area (Å²) >= 11 is 12.8. The molecule has 0 unspecified atom stereocenters. The number of carbonyl (C=O) groups is 2. The molecule has 0 bridgehead atoms. The van der Waals surface area contributed by atoms with Gasteiger partial charge in [0, 0.05) is 38.2 Å². The molecule has 1 aliphatic heterocycles. The van der Waals surface area contributed by atoms with Gasteiger partial charge >= 0.3 is 12.6 Å². The maximum atomic E-state index is 13.9. The van der Waals surface area contributed by atoms with Gasteiger partial charge in [-0.25, -0.2) is 13.2 Å². The minimum atomic E-state index is -4.07. The molecule has 1 saturated heterocycles. The Morgan fingerprint density at radius 3 is 2.27 bits per heavy atom. The Hall–Kier alpha value is -4.12. The van der Waals surface area contributed by atoms with Crippen LogP contribution in [0.2, 0.25) is 10.0 Å². The number of methoxy groups -OCH3 is 1. The van der Waals surface area contributed by atoms with E-state index in [4.69, 9.17) is 37.4 Å². The van der Waals surface area contributed by atoms with Crippen molar-refractivity contribution in [3.63, 3.8) is 0 Å². The van der Waals surface area contributed by atoms with Gasteiger partial charge in [-0.2, -0.15) is 13.5 Å². The second kappa shape index (κ2) is 16.7. The average Bonchev–Trinajstić information content (AvgIpc) is 3.91. The number of aromatic nitrogens is 1. The summed E-state index contributed by atoms with van der Waals surface area (Å²) in [7, 11) is -0.832. The van der Waals surface area contributed by atoms with Crippen LogP contribution < -0.4 is 23.2 Å². The van der Waals surface area contributed by atoms with Crippen LogP contribution in [-0.2, 0) is 26.0 Å². The summed E-state index contributed by atoms with van der Waals surface area (Å²) in [5.41, 5.74) is 0.364. The fourth-order valence-electron chi connectivity index (χ4n) is 5.53. The highest BCUT2D eigenvalue weighted by atomic mass is 35.5. The fraction of sp³-hybridized carbons (Fsp3) is 0.441. The van der Waals surface area contributed by atoms with Crippen molar-refractivity contribution < 1.29 is 50.5 Å². The first kappa shape index (κ1) is 39.1. The second-order valence-electron chi connectivity index (χ2n) is 12.6. The predicted molar refractivity (Wildman–Crippen MR) is 188 cm³/mol. The molecular formula is C34H38Cl2F2N4O9S. The topological polar surface area (TPSA) is 142 Å². The molecule has 0 spiro atoms. The van der Waals surface area contributed by atoms with Crippen LogP contribution in [0.5, 0.6) is 17.2 Å². The third-order valence-corrected chi connectivity index (χ3v) is 10.4. The van der Waals surface area contributed by atoms with E-state index in [2.05, 4.69) is 9.64 Å². The average molecular weight is 788 g/mol. The van der Waals surface area contributed by atoms with Crippen LogP contribution in [0.25, 0.3) is 0 Å². The van der Waals surface area contributed by atoms with E-state index in [1.165, 1.54) is 43.5 Å². The summed E-state index contributed by atoms with van der Waals surface area (Å²) in [4.78, 5) is 30.8. The van der Waals surface area contributed by atoms with E-state index in [1.807, 2.05) is 7.05 Å². The Kier molecular flexibility index (Phi) is 12.6. The largest absolute Gasteiger partial charge is 0.619 e. The van der Waals surface area contributed by atoms with E-state index in [1.54, 1.807) is 4.90 Å². The van der Waals surface area contributed by atoms with Gasteiger partial charge in [-0.15, -0.1) is 0 Å². The molecule has 2 fully saturated rings. The van der Waals surface area contributed by atoms with Crippen molar-refractivity contribution in [3.05, 3.63) is 80.7 Å². The van der Waals surface area contributed by atoms with Crippen molar-refractivity contribution in [2.45, 2.75) is 32.0 Å². The molecule has 5 rings (SSSR count). The molecule has 0 N–H and O–H groups in total. The van der Waals surface area contributed by atoms with Gasteiger partial charge in [0.1, 0.15) is 28.4 Å². The SMILES string of the molecule is COc1ccc(C(=O)O[C@@H](Cc2c(Cl)c[n+]([O-])cc2Cl)c2ccc(OC(F)F)c(OCC3CC3)c2)cc1N(CC(=O)N1CCN(C)CC1)S(C)(=O)=O. The van der Waals surface area contributed by atoms with E-state index in [9.17, 15) is 32.0 Å². The van der Waals surface area contributed by atoms with E-state index in [-0.39, 0.29) is 68.6 Å². The zero-order chi connectivity index (χ0) is 37.7. The van der Waals surface area contributed by atoms with Crippen molar-refractivity contribution in [2.24, 2.45) is 5.92 Å². The van der Waals surface area contributed by atoms with Gasteiger partial charge in [0.05, 0.1) is 31.2 Å². The summed E-state index contributed by atoms with van der Waals surface area (Å²) in [6.07, 6.45) is 3.59. The standard InChI is InChI=1S/C34H38Cl2F2N4O9S/c1-39-10-12-40(13-11-39)32(43)19-42(52(3,46)47)27-14-23(7-8-28(27)48-2)33(44)50-30(16-24-25(35)17-41(45)18-26(24)36)22-6-9-29(51-34(37)38)31(15-22)49-20-21-4-5-21/h6-9,14-15,17-18,21,30,34H,4-5,10-13,16,19-20H2,1-3H3/t30-/m0/s1. The van der Waals surface area contributed by atoms with Crippen molar-refractivity contribution in [2.75, 3.05) is 64.0 Å². The zero-order valence-electron chi connectivity index (χ0n) is 28.6. The summed E-state index contributed by atoms with van der Waals surface area (Å²) in [5, 5.41) is 11.9. The molecule has 1 aromatic heterocycles. The third-order valence-electron chi connectivity index (χ3n) is 8.64. The molecule has 18 heteroatoms. The minimum Gasteiger partial charge on any atom is -0.619 e. The predicted octanol–water partition coefficient (Wildman–Crippen LogP) is 4.71. The lowest BCUT2D eigenvalue weighted by molar-refractivity contribution is -0.605. The quantitative estimate of drug-likeness (QED) is 0.121. The maximum absolute atomic E-state index is 13.9. The number of ether oxygens (including phenoxy) is 4. The third kappa shape index (κ3) is 10.1. The molecule has 1 atom stereocenters. The first-order valence-corrected chi connectivity index (χ1v) is 18.8. The van der Waals surface area contributed by atoms with Gasteiger partial charge in [-0.3, -0.25) is 9.10 Å².